The smallest absolute Gasteiger partial charge is 0.333 e. The number of urea groups is 1. The van der Waals surface area contributed by atoms with Gasteiger partial charge in [0.2, 0.25) is 0 Å². The third-order valence-corrected chi connectivity index (χ3v) is 6.38. The number of nitrogens with zero attached hydrogens (tertiary/aromatic N) is 1. The van der Waals surface area contributed by atoms with Gasteiger partial charge in [0.05, 0.1) is 17.3 Å². The van der Waals surface area contributed by atoms with Gasteiger partial charge in [0.1, 0.15) is 12.3 Å². The van der Waals surface area contributed by atoms with Gasteiger partial charge < -0.3 is 14.8 Å². The molecule has 9 heteroatoms. The zero-order valence-electron chi connectivity index (χ0n) is 17.3. The fourth-order valence-corrected chi connectivity index (χ4v) is 4.29. The minimum Gasteiger partial charge on any atom is -0.493 e. The summed E-state index contributed by atoms with van der Waals surface area (Å²) in [5.74, 6) is 0.576. The van der Waals surface area contributed by atoms with Crippen LogP contribution >= 0.6 is 50.1 Å². The van der Waals surface area contributed by atoms with Crippen LogP contribution in [0.15, 0.2) is 70.8 Å². The summed E-state index contributed by atoms with van der Waals surface area (Å²) < 4.78 is 13.3. The molecule has 0 aromatic heterocycles. The predicted octanol–water partition coefficient (Wildman–Crippen LogP) is 6.39. The quantitative estimate of drug-likeness (QED) is 0.193. The van der Waals surface area contributed by atoms with Gasteiger partial charge in [-0.2, -0.15) is 0 Å². The van der Waals surface area contributed by atoms with Crippen LogP contribution in [0.25, 0.3) is 6.08 Å². The molecule has 0 radical (unpaired) electrons. The van der Waals surface area contributed by atoms with Crippen LogP contribution in [0, 0.1) is 3.57 Å². The maximum absolute atomic E-state index is 12.9. The zero-order chi connectivity index (χ0) is 23.5. The van der Waals surface area contributed by atoms with E-state index in [-0.39, 0.29) is 5.70 Å². The van der Waals surface area contributed by atoms with Crippen LogP contribution in [0.5, 0.6) is 11.5 Å². The van der Waals surface area contributed by atoms with Gasteiger partial charge in [0.15, 0.2) is 11.5 Å². The van der Waals surface area contributed by atoms with Crippen LogP contribution in [0.4, 0.5) is 10.5 Å². The lowest BCUT2D eigenvalue weighted by Gasteiger charge is -2.14. The second kappa shape index (κ2) is 10.1. The number of methoxy groups -OCH3 is 1. The van der Waals surface area contributed by atoms with Crippen molar-refractivity contribution in [2.75, 3.05) is 12.0 Å². The maximum atomic E-state index is 12.9. The molecule has 33 heavy (non-hydrogen) atoms. The standard InChI is InChI=1S/C24H17BrClIN2O4/c1-32-21-12-15(10-19(25)22(21)33-13-14-2-6-17(27)7-3-14)11-20-23(30)29(24(31)28-20)18-8-4-16(26)5-9-18/h2-12H,13H2,1H3,(H,28,31)/b20-11+. The van der Waals surface area contributed by atoms with E-state index < -0.39 is 11.9 Å². The van der Waals surface area contributed by atoms with Gasteiger partial charge in [0, 0.05) is 8.59 Å². The molecule has 0 aliphatic carbocycles. The summed E-state index contributed by atoms with van der Waals surface area (Å²) in [7, 11) is 1.54. The second-order valence-electron chi connectivity index (χ2n) is 7.05. The summed E-state index contributed by atoms with van der Waals surface area (Å²) in [4.78, 5) is 26.4. The Morgan fingerprint density at radius 1 is 1.09 bits per heavy atom. The zero-order valence-corrected chi connectivity index (χ0v) is 21.8. The maximum Gasteiger partial charge on any atom is 0.333 e. The molecule has 1 heterocycles. The third kappa shape index (κ3) is 5.34. The highest BCUT2D eigenvalue weighted by molar-refractivity contribution is 14.1. The highest BCUT2D eigenvalue weighted by atomic mass is 127. The number of imide groups is 1. The summed E-state index contributed by atoms with van der Waals surface area (Å²) in [6.45, 7) is 0.372. The Balaban J connectivity index is 1.57. The topological polar surface area (TPSA) is 67.9 Å². The number of hydrogen-bond acceptors (Lipinski definition) is 4. The van der Waals surface area contributed by atoms with E-state index in [4.69, 9.17) is 21.1 Å². The van der Waals surface area contributed by atoms with E-state index in [9.17, 15) is 9.59 Å². The van der Waals surface area contributed by atoms with Crippen molar-refractivity contribution in [3.05, 3.63) is 90.6 Å². The Morgan fingerprint density at radius 2 is 1.79 bits per heavy atom. The normalized spacial score (nSPS) is 14.5. The Bertz CT molecular complexity index is 1250. The number of nitrogens with one attached hydrogen (secondary N) is 1. The highest BCUT2D eigenvalue weighted by Gasteiger charge is 2.34. The number of carbonyl (C=O) groups is 2. The number of halogens is 3. The summed E-state index contributed by atoms with van der Waals surface area (Å²) in [6.07, 6.45) is 1.59. The monoisotopic (exact) mass is 638 g/mol. The molecular weight excluding hydrogens is 623 g/mol. The Morgan fingerprint density at radius 3 is 2.45 bits per heavy atom. The molecule has 4 rings (SSSR count). The largest absolute Gasteiger partial charge is 0.493 e. The van der Waals surface area contributed by atoms with Crippen LogP contribution in [-0.2, 0) is 11.4 Å². The van der Waals surface area contributed by atoms with Crippen LogP contribution in [0.1, 0.15) is 11.1 Å². The molecule has 3 aromatic rings. The van der Waals surface area contributed by atoms with Gasteiger partial charge in [-0.3, -0.25) is 4.79 Å². The minimum atomic E-state index is -0.530. The van der Waals surface area contributed by atoms with Crippen molar-refractivity contribution in [1.82, 2.24) is 5.32 Å². The number of rotatable bonds is 6. The molecule has 1 aliphatic heterocycles. The average molecular weight is 640 g/mol. The Hall–Kier alpha value is -2.56. The first-order valence-corrected chi connectivity index (χ1v) is 12.0. The number of hydrogen-bond donors (Lipinski definition) is 1. The van der Waals surface area contributed by atoms with Crippen LogP contribution in [-0.4, -0.2) is 19.0 Å². The van der Waals surface area contributed by atoms with Crippen molar-refractivity contribution < 1.29 is 19.1 Å². The first kappa shape index (κ1) is 23.6. The van der Waals surface area contributed by atoms with Crippen LogP contribution in [0.3, 0.4) is 0 Å². The third-order valence-electron chi connectivity index (χ3n) is 4.82. The van der Waals surface area contributed by atoms with Crippen molar-refractivity contribution in [2.24, 2.45) is 0 Å². The Kier molecular flexibility index (Phi) is 7.26. The summed E-state index contributed by atoms with van der Waals surface area (Å²) in [5.41, 5.74) is 2.26. The molecule has 168 valence electrons. The molecule has 3 aromatic carbocycles. The predicted molar refractivity (Wildman–Crippen MR) is 140 cm³/mol. The van der Waals surface area contributed by atoms with E-state index in [0.29, 0.717) is 38.9 Å². The van der Waals surface area contributed by atoms with Crippen LogP contribution < -0.4 is 19.7 Å². The van der Waals surface area contributed by atoms with E-state index >= 15 is 0 Å². The van der Waals surface area contributed by atoms with Crippen molar-refractivity contribution in [1.29, 1.82) is 0 Å². The molecule has 1 aliphatic rings. The summed E-state index contributed by atoms with van der Waals surface area (Å²) in [5, 5.41) is 3.13. The number of benzene rings is 3. The number of amides is 3. The molecule has 1 N–H and O–H groups in total. The van der Waals surface area contributed by atoms with Gasteiger partial charge in [0.25, 0.3) is 5.91 Å². The molecule has 0 spiro atoms. The van der Waals surface area contributed by atoms with Gasteiger partial charge in [-0.05, 0) is 104 Å². The van der Waals surface area contributed by atoms with Gasteiger partial charge in [-0.15, -0.1) is 0 Å². The first-order valence-electron chi connectivity index (χ1n) is 9.73. The van der Waals surface area contributed by atoms with Crippen molar-refractivity contribution in [2.45, 2.75) is 6.61 Å². The Labute approximate surface area is 217 Å². The number of anilines is 1. The molecule has 0 atom stereocenters. The van der Waals surface area contributed by atoms with E-state index in [1.165, 1.54) is 0 Å². The van der Waals surface area contributed by atoms with E-state index in [0.717, 1.165) is 14.0 Å². The fourth-order valence-electron chi connectivity index (χ4n) is 3.23. The van der Waals surface area contributed by atoms with Gasteiger partial charge in [-0.25, -0.2) is 9.69 Å². The molecule has 6 nitrogen and oxygen atoms in total. The molecular formula is C24H17BrClIN2O4. The minimum absolute atomic E-state index is 0.149. The highest BCUT2D eigenvalue weighted by Crippen LogP contribution is 2.38. The number of carbonyl (C=O) groups excluding carboxylic acids is 2. The lowest BCUT2D eigenvalue weighted by atomic mass is 10.1. The van der Waals surface area contributed by atoms with Crippen molar-refractivity contribution in [3.8, 4) is 11.5 Å². The first-order chi connectivity index (χ1) is 15.9. The molecule has 0 saturated carbocycles. The molecule has 1 fully saturated rings. The molecule has 0 unspecified atom stereocenters. The fraction of sp³-hybridized carbons (Fsp3) is 0.0833. The molecule has 0 bridgehead atoms. The lowest BCUT2D eigenvalue weighted by molar-refractivity contribution is -0.113. The second-order valence-corrected chi connectivity index (χ2v) is 9.59. The molecule has 3 amide bonds. The SMILES string of the molecule is COc1cc(/C=C2/NC(=O)N(c3ccc(Cl)cc3)C2=O)cc(Br)c1OCc1ccc(I)cc1. The van der Waals surface area contributed by atoms with E-state index in [2.05, 4.69) is 43.8 Å². The van der Waals surface area contributed by atoms with Crippen molar-refractivity contribution >= 4 is 73.8 Å². The van der Waals surface area contributed by atoms with Crippen molar-refractivity contribution in [3.63, 3.8) is 0 Å². The lowest BCUT2D eigenvalue weighted by Crippen LogP contribution is -2.30. The number of ether oxygens (including phenoxy) is 2. The van der Waals surface area contributed by atoms with Crippen LogP contribution in [0.2, 0.25) is 5.02 Å². The van der Waals surface area contributed by atoms with E-state index in [1.807, 2.05) is 24.3 Å². The molecule has 1 saturated heterocycles. The average Bonchev–Trinajstić information content (AvgIpc) is 3.07. The summed E-state index contributed by atoms with van der Waals surface area (Å²) in [6, 6.07) is 17.5. The summed E-state index contributed by atoms with van der Waals surface area (Å²) >= 11 is 11.7. The van der Waals surface area contributed by atoms with Gasteiger partial charge in [-0.1, -0.05) is 23.7 Å². The van der Waals surface area contributed by atoms with E-state index in [1.54, 1.807) is 49.6 Å². The van der Waals surface area contributed by atoms with Gasteiger partial charge >= 0.3 is 6.03 Å².